The monoisotopic (exact) mass is 197 g/mol. The second-order valence-corrected chi connectivity index (χ2v) is 4.40. The Balaban J connectivity index is 1.68. The van der Waals surface area contributed by atoms with Crippen LogP contribution in [0.3, 0.4) is 0 Å². The molecule has 14 heavy (non-hydrogen) atoms. The molecule has 0 aromatic rings. The van der Waals surface area contributed by atoms with Crippen LogP contribution in [-0.2, 0) is 4.79 Å². The maximum absolute atomic E-state index is 11.5. The van der Waals surface area contributed by atoms with Crippen LogP contribution in [0, 0.1) is 5.92 Å². The summed E-state index contributed by atoms with van der Waals surface area (Å²) in [6.45, 7) is 1.74. The predicted molar refractivity (Wildman–Crippen MR) is 54.7 cm³/mol. The van der Waals surface area contributed by atoms with Crippen molar-refractivity contribution in [2.75, 3.05) is 13.1 Å². The molecule has 1 amide bonds. The topological polar surface area (TPSA) is 67.1 Å². The van der Waals surface area contributed by atoms with Gasteiger partial charge in [0.25, 0.3) is 0 Å². The molecule has 0 aromatic heterocycles. The van der Waals surface area contributed by atoms with Crippen LogP contribution in [0.4, 0.5) is 0 Å². The minimum atomic E-state index is 0.0626. The lowest BCUT2D eigenvalue weighted by Crippen LogP contribution is -2.54. The Morgan fingerprint density at radius 3 is 2.71 bits per heavy atom. The summed E-state index contributed by atoms with van der Waals surface area (Å²) in [6.07, 6.45) is 4.47. The van der Waals surface area contributed by atoms with Crippen molar-refractivity contribution in [1.29, 1.82) is 0 Å². The molecule has 80 valence electrons. The molecule has 4 nitrogen and oxygen atoms in total. The second kappa shape index (κ2) is 4.28. The maximum atomic E-state index is 11.5. The zero-order chi connectivity index (χ0) is 9.97. The van der Waals surface area contributed by atoms with Gasteiger partial charge in [0.15, 0.2) is 0 Å². The van der Waals surface area contributed by atoms with Gasteiger partial charge in [0.05, 0.1) is 6.04 Å². The van der Waals surface area contributed by atoms with E-state index < -0.39 is 0 Å². The number of amides is 1. The summed E-state index contributed by atoms with van der Waals surface area (Å²) in [5.41, 5.74) is 5.92. The van der Waals surface area contributed by atoms with Crippen molar-refractivity contribution in [1.82, 2.24) is 10.6 Å². The SMILES string of the molecule is NC1CCCC1CNC(=O)[C@H]1CCN1. The van der Waals surface area contributed by atoms with Crippen molar-refractivity contribution < 1.29 is 4.79 Å². The molecule has 0 radical (unpaired) electrons. The molecule has 4 heteroatoms. The summed E-state index contributed by atoms with van der Waals surface area (Å²) in [6, 6.07) is 0.359. The van der Waals surface area contributed by atoms with Gasteiger partial charge in [-0.2, -0.15) is 0 Å². The number of carbonyl (C=O) groups excluding carboxylic acids is 1. The third kappa shape index (κ3) is 2.07. The minimum absolute atomic E-state index is 0.0626. The van der Waals surface area contributed by atoms with Gasteiger partial charge in [0.1, 0.15) is 0 Å². The van der Waals surface area contributed by atoms with Gasteiger partial charge in [-0.25, -0.2) is 0 Å². The highest BCUT2D eigenvalue weighted by atomic mass is 16.2. The first-order chi connectivity index (χ1) is 6.77. The molecule has 1 aliphatic heterocycles. The van der Waals surface area contributed by atoms with Gasteiger partial charge in [-0.3, -0.25) is 4.79 Å². The van der Waals surface area contributed by atoms with Gasteiger partial charge in [0.2, 0.25) is 5.91 Å². The molecule has 1 saturated carbocycles. The summed E-state index contributed by atoms with van der Waals surface area (Å²) in [5, 5.41) is 6.06. The van der Waals surface area contributed by atoms with Crippen molar-refractivity contribution in [3.63, 3.8) is 0 Å². The fourth-order valence-corrected chi connectivity index (χ4v) is 2.19. The zero-order valence-electron chi connectivity index (χ0n) is 8.46. The molecule has 0 aromatic carbocycles. The van der Waals surface area contributed by atoms with Crippen molar-refractivity contribution >= 4 is 5.91 Å². The van der Waals surface area contributed by atoms with Crippen LogP contribution in [0.1, 0.15) is 25.7 Å². The Morgan fingerprint density at radius 2 is 2.21 bits per heavy atom. The number of rotatable bonds is 3. The van der Waals surface area contributed by atoms with Crippen LogP contribution in [0.25, 0.3) is 0 Å². The highest BCUT2D eigenvalue weighted by molar-refractivity contribution is 5.82. The van der Waals surface area contributed by atoms with E-state index in [1.165, 1.54) is 12.8 Å². The molecule has 0 bridgehead atoms. The van der Waals surface area contributed by atoms with E-state index in [9.17, 15) is 4.79 Å². The first-order valence-corrected chi connectivity index (χ1v) is 5.54. The largest absolute Gasteiger partial charge is 0.354 e. The van der Waals surface area contributed by atoms with Crippen molar-refractivity contribution in [3.05, 3.63) is 0 Å². The van der Waals surface area contributed by atoms with Crippen molar-refractivity contribution in [3.8, 4) is 0 Å². The van der Waals surface area contributed by atoms with Crippen LogP contribution >= 0.6 is 0 Å². The van der Waals surface area contributed by atoms with Gasteiger partial charge in [-0.15, -0.1) is 0 Å². The fraction of sp³-hybridized carbons (Fsp3) is 0.900. The normalized spacial score (nSPS) is 36.5. The Kier molecular flexibility index (Phi) is 3.03. The van der Waals surface area contributed by atoms with Gasteiger partial charge in [-0.05, 0) is 31.7 Å². The molecule has 2 aliphatic rings. The van der Waals surface area contributed by atoms with E-state index in [1.54, 1.807) is 0 Å². The van der Waals surface area contributed by atoms with Gasteiger partial charge < -0.3 is 16.4 Å². The molecular weight excluding hydrogens is 178 g/mol. The van der Waals surface area contributed by atoms with Gasteiger partial charge in [-0.1, -0.05) is 6.42 Å². The zero-order valence-corrected chi connectivity index (χ0v) is 8.46. The van der Waals surface area contributed by atoms with E-state index in [0.29, 0.717) is 12.0 Å². The highest BCUT2D eigenvalue weighted by Gasteiger charge is 2.27. The van der Waals surface area contributed by atoms with E-state index in [-0.39, 0.29) is 11.9 Å². The summed E-state index contributed by atoms with van der Waals surface area (Å²) in [4.78, 5) is 11.5. The quantitative estimate of drug-likeness (QED) is 0.576. The van der Waals surface area contributed by atoms with E-state index in [2.05, 4.69) is 10.6 Å². The van der Waals surface area contributed by atoms with Crippen molar-refractivity contribution in [2.24, 2.45) is 11.7 Å². The number of nitrogens with two attached hydrogens (primary N) is 1. The molecule has 4 N–H and O–H groups in total. The molecule has 1 heterocycles. The lowest BCUT2D eigenvalue weighted by molar-refractivity contribution is -0.124. The predicted octanol–water partition coefficient (Wildman–Crippen LogP) is -0.408. The third-order valence-corrected chi connectivity index (χ3v) is 3.40. The van der Waals surface area contributed by atoms with Crippen LogP contribution in [0.15, 0.2) is 0 Å². The van der Waals surface area contributed by atoms with Crippen LogP contribution in [-0.4, -0.2) is 31.1 Å². The van der Waals surface area contributed by atoms with Crippen LogP contribution < -0.4 is 16.4 Å². The summed E-state index contributed by atoms with van der Waals surface area (Å²) in [5.74, 6) is 0.648. The minimum Gasteiger partial charge on any atom is -0.354 e. The van der Waals surface area contributed by atoms with E-state index in [1.807, 2.05) is 0 Å². The molecule has 2 unspecified atom stereocenters. The average molecular weight is 197 g/mol. The smallest absolute Gasteiger partial charge is 0.237 e. The Morgan fingerprint density at radius 1 is 1.43 bits per heavy atom. The summed E-state index contributed by atoms with van der Waals surface area (Å²) < 4.78 is 0. The third-order valence-electron chi connectivity index (χ3n) is 3.40. The van der Waals surface area contributed by atoms with E-state index in [4.69, 9.17) is 5.73 Å². The first kappa shape index (κ1) is 9.93. The van der Waals surface area contributed by atoms with E-state index >= 15 is 0 Å². The number of hydrogen-bond acceptors (Lipinski definition) is 3. The van der Waals surface area contributed by atoms with Gasteiger partial charge >= 0.3 is 0 Å². The maximum Gasteiger partial charge on any atom is 0.237 e. The first-order valence-electron chi connectivity index (χ1n) is 5.54. The molecular formula is C10H19N3O. The van der Waals surface area contributed by atoms with Gasteiger partial charge in [0, 0.05) is 12.6 Å². The Hall–Kier alpha value is -0.610. The molecule has 2 fully saturated rings. The molecule has 1 saturated heterocycles. The summed E-state index contributed by atoms with van der Waals surface area (Å²) in [7, 11) is 0. The Bertz CT molecular complexity index is 215. The highest BCUT2D eigenvalue weighted by Crippen LogP contribution is 2.23. The molecule has 3 atom stereocenters. The molecule has 1 aliphatic carbocycles. The number of nitrogens with one attached hydrogen (secondary N) is 2. The number of hydrogen-bond donors (Lipinski definition) is 3. The lowest BCUT2D eigenvalue weighted by Gasteiger charge is -2.27. The fourth-order valence-electron chi connectivity index (χ4n) is 2.19. The standard InChI is InChI=1S/C10H19N3O/c11-8-3-1-2-7(8)6-13-10(14)9-4-5-12-9/h7-9,12H,1-6,11H2,(H,13,14)/t7?,8?,9-/m1/s1. The second-order valence-electron chi connectivity index (χ2n) is 4.40. The average Bonchev–Trinajstić information content (AvgIpc) is 2.44. The Labute approximate surface area is 84.6 Å². The van der Waals surface area contributed by atoms with Crippen molar-refractivity contribution in [2.45, 2.75) is 37.8 Å². The lowest BCUT2D eigenvalue weighted by atomic mass is 10.0. The van der Waals surface area contributed by atoms with E-state index in [0.717, 1.165) is 25.9 Å². The number of carbonyl (C=O) groups is 1. The molecule has 0 spiro atoms. The van der Waals surface area contributed by atoms with Crippen LogP contribution in [0.5, 0.6) is 0 Å². The van der Waals surface area contributed by atoms with Crippen LogP contribution in [0.2, 0.25) is 0 Å². The summed E-state index contributed by atoms with van der Waals surface area (Å²) >= 11 is 0. The molecule has 2 rings (SSSR count).